The van der Waals surface area contributed by atoms with E-state index < -0.39 is 4.92 Å². The molecule has 0 saturated carbocycles. The van der Waals surface area contributed by atoms with Gasteiger partial charge in [0.15, 0.2) is 0 Å². The number of nitro benzene ring substituents is 1. The summed E-state index contributed by atoms with van der Waals surface area (Å²) >= 11 is 0. The summed E-state index contributed by atoms with van der Waals surface area (Å²) in [6, 6.07) is 15.2. The van der Waals surface area contributed by atoms with Crippen molar-refractivity contribution in [3.63, 3.8) is 0 Å². The first kappa shape index (κ1) is 12.9. The van der Waals surface area contributed by atoms with E-state index in [2.05, 4.69) is 5.10 Å². The molecule has 6 heteroatoms. The quantitative estimate of drug-likeness (QED) is 0.541. The Kier molecular flexibility index (Phi) is 3.34. The predicted octanol–water partition coefficient (Wildman–Crippen LogP) is 3.57. The number of hydrogen-bond donors (Lipinski definition) is 0. The molecule has 1 heterocycles. The van der Waals surface area contributed by atoms with E-state index in [1.165, 1.54) is 12.1 Å². The first-order valence-corrected chi connectivity index (χ1v) is 6.25. The molecule has 0 aliphatic carbocycles. The van der Waals surface area contributed by atoms with Gasteiger partial charge in [-0.3, -0.25) is 10.1 Å². The molecule has 0 fully saturated rings. The van der Waals surface area contributed by atoms with Crippen LogP contribution in [0.2, 0.25) is 0 Å². The van der Waals surface area contributed by atoms with E-state index in [-0.39, 0.29) is 5.69 Å². The Hall–Kier alpha value is -3.15. The Bertz CT molecular complexity index is 752. The lowest BCUT2D eigenvalue weighted by Gasteiger charge is -2.07. The van der Waals surface area contributed by atoms with Gasteiger partial charge in [-0.15, -0.1) is 0 Å². The molecule has 21 heavy (non-hydrogen) atoms. The van der Waals surface area contributed by atoms with Crippen molar-refractivity contribution in [2.24, 2.45) is 0 Å². The topological polar surface area (TPSA) is 70.2 Å². The van der Waals surface area contributed by atoms with Crippen molar-refractivity contribution in [3.05, 3.63) is 77.1 Å². The first-order valence-electron chi connectivity index (χ1n) is 6.25. The van der Waals surface area contributed by atoms with E-state index in [0.717, 1.165) is 5.69 Å². The smallest absolute Gasteiger partial charge is 0.269 e. The maximum absolute atomic E-state index is 10.6. The van der Waals surface area contributed by atoms with E-state index in [9.17, 15) is 10.1 Å². The van der Waals surface area contributed by atoms with Crippen molar-refractivity contribution in [2.45, 2.75) is 0 Å². The Morgan fingerprint density at radius 3 is 2.52 bits per heavy atom. The molecule has 0 aliphatic heterocycles. The molecule has 0 atom stereocenters. The number of non-ortho nitro benzene ring substituents is 1. The highest BCUT2D eigenvalue weighted by Crippen LogP contribution is 2.25. The van der Waals surface area contributed by atoms with Gasteiger partial charge < -0.3 is 4.74 Å². The lowest BCUT2D eigenvalue weighted by molar-refractivity contribution is -0.384. The number of rotatable bonds is 4. The van der Waals surface area contributed by atoms with Crippen LogP contribution in [-0.4, -0.2) is 14.7 Å². The fourth-order valence-electron chi connectivity index (χ4n) is 1.88. The zero-order chi connectivity index (χ0) is 14.7. The van der Waals surface area contributed by atoms with Crippen LogP contribution in [0.4, 0.5) is 5.69 Å². The number of benzene rings is 2. The number of nitrogens with zero attached hydrogens (tertiary/aromatic N) is 3. The molecule has 3 aromatic rings. The molecule has 0 saturated heterocycles. The first-order chi connectivity index (χ1) is 10.2. The maximum Gasteiger partial charge on any atom is 0.269 e. The number of nitro groups is 1. The van der Waals surface area contributed by atoms with Gasteiger partial charge in [-0.25, -0.2) is 4.68 Å². The number of ether oxygens (including phenoxy) is 1. The molecule has 0 amide bonds. The van der Waals surface area contributed by atoms with Crippen molar-refractivity contribution in [1.82, 2.24) is 9.78 Å². The van der Waals surface area contributed by atoms with Crippen LogP contribution in [-0.2, 0) is 0 Å². The third-order valence-corrected chi connectivity index (χ3v) is 2.87. The van der Waals surface area contributed by atoms with Gasteiger partial charge in [0.2, 0.25) is 0 Å². The summed E-state index contributed by atoms with van der Waals surface area (Å²) in [5.41, 5.74) is 0.909. The van der Waals surface area contributed by atoms with E-state index in [1.54, 1.807) is 23.0 Å². The van der Waals surface area contributed by atoms with Crippen LogP contribution in [0.25, 0.3) is 5.69 Å². The zero-order valence-electron chi connectivity index (χ0n) is 10.9. The molecule has 2 aromatic carbocycles. The van der Waals surface area contributed by atoms with Crippen LogP contribution < -0.4 is 4.74 Å². The van der Waals surface area contributed by atoms with E-state index >= 15 is 0 Å². The largest absolute Gasteiger partial charge is 0.457 e. The second-order valence-electron chi connectivity index (χ2n) is 4.30. The molecule has 0 unspecified atom stereocenters. The second kappa shape index (κ2) is 5.46. The third-order valence-electron chi connectivity index (χ3n) is 2.87. The van der Waals surface area contributed by atoms with Gasteiger partial charge in [0, 0.05) is 30.6 Å². The Morgan fingerprint density at radius 2 is 1.86 bits per heavy atom. The minimum Gasteiger partial charge on any atom is -0.457 e. The fourth-order valence-corrected chi connectivity index (χ4v) is 1.88. The fraction of sp³-hybridized carbons (Fsp3) is 0. The molecule has 0 spiro atoms. The van der Waals surface area contributed by atoms with Crippen LogP contribution in [0.1, 0.15) is 0 Å². The van der Waals surface area contributed by atoms with Gasteiger partial charge in [-0.05, 0) is 30.3 Å². The lowest BCUT2D eigenvalue weighted by Crippen LogP contribution is -1.94. The van der Waals surface area contributed by atoms with Gasteiger partial charge in [0.25, 0.3) is 5.69 Å². The summed E-state index contributed by atoms with van der Waals surface area (Å²) in [6.07, 6.45) is 3.54. The highest BCUT2D eigenvalue weighted by atomic mass is 16.6. The normalized spacial score (nSPS) is 10.3. The van der Waals surface area contributed by atoms with Crippen molar-refractivity contribution in [2.75, 3.05) is 0 Å². The molecule has 0 aliphatic rings. The molecule has 3 rings (SSSR count). The zero-order valence-corrected chi connectivity index (χ0v) is 10.9. The van der Waals surface area contributed by atoms with Gasteiger partial charge in [0.05, 0.1) is 10.6 Å². The highest BCUT2D eigenvalue weighted by molar-refractivity contribution is 5.42. The van der Waals surface area contributed by atoms with Gasteiger partial charge in [-0.1, -0.05) is 6.07 Å². The van der Waals surface area contributed by atoms with E-state index in [0.29, 0.717) is 11.5 Å². The Balaban J connectivity index is 1.81. The highest BCUT2D eigenvalue weighted by Gasteiger charge is 2.05. The van der Waals surface area contributed by atoms with E-state index in [1.807, 2.05) is 36.5 Å². The Labute approximate surface area is 120 Å². The summed E-state index contributed by atoms with van der Waals surface area (Å²) in [7, 11) is 0. The van der Waals surface area contributed by atoms with Crippen LogP contribution >= 0.6 is 0 Å². The third kappa shape index (κ3) is 2.89. The number of aromatic nitrogens is 2. The average Bonchev–Trinajstić information content (AvgIpc) is 3.02. The molecule has 1 aromatic heterocycles. The second-order valence-corrected chi connectivity index (χ2v) is 4.30. The average molecular weight is 281 g/mol. The van der Waals surface area contributed by atoms with Crippen LogP contribution in [0.5, 0.6) is 11.5 Å². The monoisotopic (exact) mass is 281 g/mol. The minimum absolute atomic E-state index is 0.0349. The molecular weight excluding hydrogens is 270 g/mol. The lowest BCUT2D eigenvalue weighted by atomic mass is 10.3. The molecule has 0 N–H and O–H groups in total. The van der Waals surface area contributed by atoms with Crippen molar-refractivity contribution in [1.29, 1.82) is 0 Å². The van der Waals surface area contributed by atoms with Gasteiger partial charge in [-0.2, -0.15) is 5.10 Å². The summed E-state index contributed by atoms with van der Waals surface area (Å²) in [5, 5.41) is 14.8. The van der Waals surface area contributed by atoms with Gasteiger partial charge >= 0.3 is 0 Å². The SMILES string of the molecule is O=[N+]([O-])c1ccc(Oc2cccc(-n3cccn3)c2)cc1. The molecule has 0 radical (unpaired) electrons. The van der Waals surface area contributed by atoms with Crippen molar-refractivity contribution >= 4 is 5.69 Å². The summed E-state index contributed by atoms with van der Waals surface area (Å²) in [6.45, 7) is 0. The standard InChI is InChI=1S/C15H11N3O3/c19-18(20)12-5-7-14(8-6-12)21-15-4-1-3-13(11-15)17-10-2-9-16-17/h1-11H. The van der Waals surface area contributed by atoms with Crippen molar-refractivity contribution < 1.29 is 9.66 Å². The molecule has 104 valence electrons. The summed E-state index contributed by atoms with van der Waals surface area (Å²) in [5.74, 6) is 1.18. The Morgan fingerprint density at radius 1 is 1.05 bits per heavy atom. The van der Waals surface area contributed by atoms with Gasteiger partial charge in [0.1, 0.15) is 11.5 Å². The maximum atomic E-state index is 10.6. The number of hydrogen-bond acceptors (Lipinski definition) is 4. The van der Waals surface area contributed by atoms with Crippen LogP contribution in [0.3, 0.4) is 0 Å². The molecule has 0 bridgehead atoms. The molecule has 6 nitrogen and oxygen atoms in total. The van der Waals surface area contributed by atoms with E-state index in [4.69, 9.17) is 4.74 Å². The summed E-state index contributed by atoms with van der Waals surface area (Å²) in [4.78, 5) is 10.2. The molecular formula is C15H11N3O3. The van der Waals surface area contributed by atoms with Crippen molar-refractivity contribution in [3.8, 4) is 17.2 Å². The van der Waals surface area contributed by atoms with Crippen LogP contribution in [0.15, 0.2) is 67.0 Å². The summed E-state index contributed by atoms with van der Waals surface area (Å²) < 4.78 is 7.41. The minimum atomic E-state index is -0.442. The van der Waals surface area contributed by atoms with Crippen LogP contribution in [0, 0.1) is 10.1 Å². The predicted molar refractivity (Wildman–Crippen MR) is 76.7 cm³/mol.